The average molecular weight is 687 g/mol. The van der Waals surface area contributed by atoms with Crippen LogP contribution in [0.1, 0.15) is 12.0 Å². The van der Waals surface area contributed by atoms with Gasteiger partial charge in [-0.25, -0.2) is 0 Å². The molecule has 0 N–H and O–H groups in total. The topological polar surface area (TPSA) is 13.1 Å². The summed E-state index contributed by atoms with van der Waals surface area (Å²) in [7, 11) is 0. The van der Waals surface area contributed by atoms with Gasteiger partial charge in [-0.3, -0.25) is 0 Å². The lowest BCUT2D eigenvalue weighted by Gasteiger charge is -2.18. The SMILES string of the molecule is C1=C(c2c3ccccc3c(-c3ccc4oc5cc(-c6c7ccccc7c(-c7ccsc7)c7ccccc67)ccc5c4c3)c3ccccc23)CCS1. The zero-order chi connectivity index (χ0) is 33.5. The third-order valence-corrected chi connectivity index (χ3v) is 12.3. The molecule has 1 aliphatic rings. The van der Waals surface area contributed by atoms with Gasteiger partial charge in [0.15, 0.2) is 0 Å². The van der Waals surface area contributed by atoms with E-state index >= 15 is 0 Å². The van der Waals surface area contributed by atoms with Gasteiger partial charge in [-0.05, 0) is 141 Å². The molecule has 8 aromatic carbocycles. The maximum absolute atomic E-state index is 6.67. The largest absolute Gasteiger partial charge is 0.456 e. The van der Waals surface area contributed by atoms with Crippen LogP contribution in [0.3, 0.4) is 0 Å². The highest BCUT2D eigenvalue weighted by Gasteiger charge is 2.21. The maximum atomic E-state index is 6.67. The summed E-state index contributed by atoms with van der Waals surface area (Å²) in [6.07, 6.45) is 1.11. The summed E-state index contributed by atoms with van der Waals surface area (Å²) in [5, 5.41) is 19.4. The normalized spacial score (nSPS) is 13.4. The minimum absolute atomic E-state index is 0.908. The van der Waals surface area contributed by atoms with Crippen molar-refractivity contribution in [2.45, 2.75) is 6.42 Å². The number of allylic oxidation sites excluding steroid dienone is 1. The Hall–Kier alpha value is -5.61. The molecule has 0 saturated heterocycles. The molecular formula is C48H30OS2. The number of furan rings is 1. The zero-order valence-electron chi connectivity index (χ0n) is 27.7. The van der Waals surface area contributed by atoms with Crippen LogP contribution in [-0.2, 0) is 0 Å². The third kappa shape index (κ3) is 4.42. The number of thiophene rings is 1. The average Bonchev–Trinajstić information content (AvgIpc) is 3.98. The van der Waals surface area contributed by atoms with Crippen molar-refractivity contribution in [1.82, 2.24) is 0 Å². The number of fused-ring (bicyclic) bond motifs is 7. The second-order valence-corrected chi connectivity index (χ2v) is 15.2. The van der Waals surface area contributed by atoms with Gasteiger partial charge in [0.2, 0.25) is 0 Å². The van der Waals surface area contributed by atoms with Crippen LogP contribution in [-0.4, -0.2) is 5.75 Å². The summed E-state index contributed by atoms with van der Waals surface area (Å²) < 4.78 is 6.67. The molecule has 0 spiro atoms. The van der Waals surface area contributed by atoms with Gasteiger partial charge in [-0.15, -0.1) is 11.8 Å². The Balaban J connectivity index is 1.13. The highest BCUT2D eigenvalue weighted by atomic mass is 32.2. The standard InChI is InChI=1S/C48H30OS2/c1-5-13-38-34(9-1)45(35-10-2-6-14-39(35)47(38)31-21-23-50-27-31)29-18-20-43-42(25-29)33-19-17-30(26-44(33)49-43)46-36-11-3-7-15-40(36)48(32-22-24-51-28-32)41-16-8-4-12-37(41)46/h1-20,22,24-28H,21,23H2. The van der Waals surface area contributed by atoms with E-state index in [9.17, 15) is 0 Å². The van der Waals surface area contributed by atoms with Gasteiger partial charge in [-0.2, -0.15) is 11.3 Å². The molecule has 3 heteroatoms. The number of benzene rings is 8. The first-order chi connectivity index (χ1) is 25.3. The summed E-state index contributed by atoms with van der Waals surface area (Å²) in [4.78, 5) is 0. The Morgan fingerprint density at radius 2 is 0.922 bits per heavy atom. The number of rotatable bonds is 4. The van der Waals surface area contributed by atoms with Gasteiger partial charge < -0.3 is 4.42 Å². The minimum atomic E-state index is 0.908. The van der Waals surface area contributed by atoms with E-state index in [0.717, 1.165) is 39.7 Å². The summed E-state index contributed by atoms with van der Waals surface area (Å²) in [5.74, 6) is 1.15. The van der Waals surface area contributed by atoms with Crippen LogP contribution in [0.2, 0.25) is 0 Å². The number of thioether (sulfide) groups is 1. The number of hydrogen-bond acceptors (Lipinski definition) is 3. The van der Waals surface area contributed by atoms with Gasteiger partial charge in [0, 0.05) is 16.5 Å². The molecule has 1 aliphatic heterocycles. The molecule has 0 saturated carbocycles. The second kappa shape index (κ2) is 11.5. The van der Waals surface area contributed by atoms with Crippen LogP contribution in [0.5, 0.6) is 0 Å². The maximum Gasteiger partial charge on any atom is 0.136 e. The van der Waals surface area contributed by atoms with Crippen molar-refractivity contribution in [3.05, 3.63) is 161 Å². The predicted octanol–water partition coefficient (Wildman–Crippen LogP) is 14.7. The highest BCUT2D eigenvalue weighted by Crippen LogP contribution is 2.47. The summed E-state index contributed by atoms with van der Waals surface area (Å²) in [6, 6.07) is 51.4. The van der Waals surface area contributed by atoms with Crippen molar-refractivity contribution in [3.8, 4) is 33.4 Å². The van der Waals surface area contributed by atoms with Crippen molar-refractivity contribution >= 4 is 93.7 Å². The highest BCUT2D eigenvalue weighted by molar-refractivity contribution is 8.02. The molecule has 0 radical (unpaired) electrons. The predicted molar refractivity (Wildman–Crippen MR) is 223 cm³/mol. The molecule has 0 amide bonds. The van der Waals surface area contributed by atoms with Crippen LogP contribution in [0, 0.1) is 0 Å². The van der Waals surface area contributed by atoms with Gasteiger partial charge in [0.25, 0.3) is 0 Å². The lowest BCUT2D eigenvalue weighted by molar-refractivity contribution is 0.669. The summed E-state index contributed by atoms with van der Waals surface area (Å²) in [5.41, 5.74) is 12.1. The van der Waals surface area contributed by atoms with Crippen LogP contribution in [0.15, 0.2) is 160 Å². The fraction of sp³-hybridized carbons (Fsp3) is 0.0417. The molecule has 0 fully saturated rings. The molecule has 1 nitrogen and oxygen atoms in total. The lowest BCUT2D eigenvalue weighted by atomic mass is 9.85. The molecule has 10 aromatic rings. The second-order valence-electron chi connectivity index (χ2n) is 13.5. The number of hydrogen-bond donors (Lipinski definition) is 0. The Labute approximate surface area is 303 Å². The van der Waals surface area contributed by atoms with E-state index < -0.39 is 0 Å². The molecule has 11 rings (SSSR count). The van der Waals surface area contributed by atoms with E-state index in [0.29, 0.717) is 0 Å². The van der Waals surface area contributed by atoms with E-state index in [1.54, 1.807) is 11.3 Å². The first-order valence-electron chi connectivity index (χ1n) is 17.5. The van der Waals surface area contributed by atoms with Gasteiger partial charge in [0.1, 0.15) is 11.2 Å². The van der Waals surface area contributed by atoms with Crippen LogP contribution >= 0.6 is 23.1 Å². The van der Waals surface area contributed by atoms with Crippen molar-refractivity contribution in [2.75, 3.05) is 5.75 Å². The Morgan fingerprint density at radius 3 is 1.43 bits per heavy atom. The first-order valence-corrected chi connectivity index (χ1v) is 19.5. The molecule has 0 aliphatic carbocycles. The monoisotopic (exact) mass is 686 g/mol. The fourth-order valence-corrected chi connectivity index (χ4v) is 10.1. The van der Waals surface area contributed by atoms with Crippen molar-refractivity contribution in [3.63, 3.8) is 0 Å². The van der Waals surface area contributed by atoms with Crippen LogP contribution in [0.25, 0.3) is 104 Å². The van der Waals surface area contributed by atoms with Crippen molar-refractivity contribution in [2.24, 2.45) is 0 Å². The summed E-state index contributed by atoms with van der Waals surface area (Å²) >= 11 is 3.67. The molecule has 0 bridgehead atoms. The quantitative estimate of drug-likeness (QED) is 0.171. The smallest absolute Gasteiger partial charge is 0.136 e. The first kappa shape index (κ1) is 29.2. The van der Waals surface area contributed by atoms with Crippen molar-refractivity contribution < 1.29 is 4.42 Å². The minimum Gasteiger partial charge on any atom is -0.456 e. The molecule has 240 valence electrons. The fourth-order valence-electron chi connectivity index (χ4n) is 8.60. The molecule has 2 aromatic heterocycles. The Bertz CT molecular complexity index is 2940. The van der Waals surface area contributed by atoms with Crippen LogP contribution in [0.4, 0.5) is 0 Å². The van der Waals surface area contributed by atoms with E-state index in [4.69, 9.17) is 4.42 Å². The van der Waals surface area contributed by atoms with Gasteiger partial charge >= 0.3 is 0 Å². The molecule has 0 atom stereocenters. The molecule has 0 unspecified atom stereocenters. The lowest BCUT2D eigenvalue weighted by Crippen LogP contribution is -1.93. The van der Waals surface area contributed by atoms with E-state index in [-0.39, 0.29) is 0 Å². The van der Waals surface area contributed by atoms with E-state index in [2.05, 4.69) is 156 Å². The van der Waals surface area contributed by atoms with Gasteiger partial charge in [0.05, 0.1) is 0 Å². The van der Waals surface area contributed by atoms with Crippen molar-refractivity contribution in [1.29, 1.82) is 0 Å². The Kier molecular flexibility index (Phi) is 6.55. The Morgan fingerprint density at radius 1 is 0.412 bits per heavy atom. The molecular weight excluding hydrogens is 657 g/mol. The van der Waals surface area contributed by atoms with Gasteiger partial charge in [-0.1, -0.05) is 109 Å². The molecule has 51 heavy (non-hydrogen) atoms. The van der Waals surface area contributed by atoms with Crippen LogP contribution < -0.4 is 0 Å². The van der Waals surface area contributed by atoms with E-state index in [1.807, 2.05) is 11.8 Å². The molecule has 3 heterocycles. The van der Waals surface area contributed by atoms with E-state index in [1.165, 1.54) is 82.0 Å². The summed E-state index contributed by atoms with van der Waals surface area (Å²) in [6.45, 7) is 0. The third-order valence-electron chi connectivity index (χ3n) is 10.8. The zero-order valence-corrected chi connectivity index (χ0v) is 29.3.